The summed E-state index contributed by atoms with van der Waals surface area (Å²) < 4.78 is 0. The summed E-state index contributed by atoms with van der Waals surface area (Å²) in [6.07, 6.45) is 1.50. The molecule has 0 atom stereocenters. The smallest absolute Gasteiger partial charge is 0.257 e. The quantitative estimate of drug-likeness (QED) is 0.693. The van der Waals surface area contributed by atoms with E-state index in [1.54, 1.807) is 12.1 Å². The number of rotatable bonds is 2. The number of nitrogens with one attached hydrogen (secondary N) is 1. The van der Waals surface area contributed by atoms with Crippen molar-refractivity contribution in [3.8, 4) is 0 Å². The second-order valence-corrected chi connectivity index (χ2v) is 6.06. The fourth-order valence-electron chi connectivity index (χ4n) is 1.58. The fourth-order valence-corrected chi connectivity index (χ4v) is 2.86. The monoisotopic (exact) mass is 358 g/mol. The van der Waals surface area contributed by atoms with Crippen LogP contribution in [0, 0.1) is 0 Å². The van der Waals surface area contributed by atoms with E-state index in [4.69, 9.17) is 34.8 Å². The maximum atomic E-state index is 12.1. The van der Waals surface area contributed by atoms with Gasteiger partial charge in [-0.15, -0.1) is 0 Å². The molecule has 0 fully saturated rings. The van der Waals surface area contributed by atoms with Gasteiger partial charge in [0.05, 0.1) is 16.2 Å². The van der Waals surface area contributed by atoms with Crippen molar-refractivity contribution < 1.29 is 4.79 Å². The van der Waals surface area contributed by atoms with Crippen molar-refractivity contribution >= 4 is 67.5 Å². The molecule has 9 heteroatoms. The molecule has 3 aromatic rings. The standard InChI is InChI=1S/C12H5Cl3N4OS/c13-6-2-1-5(3-7(6)14)9(20)18-12-17-8-4-16-11(15)19-10(8)21-12/h1-4H,(H,17,18,20). The third kappa shape index (κ3) is 3.08. The van der Waals surface area contributed by atoms with Gasteiger partial charge in [0.15, 0.2) is 5.13 Å². The molecule has 0 saturated heterocycles. The Balaban J connectivity index is 1.87. The van der Waals surface area contributed by atoms with Gasteiger partial charge in [0, 0.05) is 5.56 Å². The van der Waals surface area contributed by atoms with E-state index in [0.29, 0.717) is 31.1 Å². The van der Waals surface area contributed by atoms with E-state index >= 15 is 0 Å². The molecule has 1 aromatic carbocycles. The van der Waals surface area contributed by atoms with Gasteiger partial charge in [0.25, 0.3) is 5.91 Å². The molecule has 1 amide bonds. The molecule has 0 radical (unpaired) electrons. The molecule has 0 aliphatic rings. The zero-order valence-corrected chi connectivity index (χ0v) is 13.2. The summed E-state index contributed by atoms with van der Waals surface area (Å²) in [6, 6.07) is 4.62. The first-order valence-corrected chi connectivity index (χ1v) is 7.53. The molecular weight excluding hydrogens is 355 g/mol. The number of hydrogen-bond acceptors (Lipinski definition) is 5. The Kier molecular flexibility index (Phi) is 3.95. The van der Waals surface area contributed by atoms with Crippen molar-refractivity contribution in [2.24, 2.45) is 0 Å². The van der Waals surface area contributed by atoms with E-state index in [9.17, 15) is 4.79 Å². The van der Waals surface area contributed by atoms with Crippen LogP contribution in [-0.4, -0.2) is 20.9 Å². The van der Waals surface area contributed by atoms with Crippen LogP contribution in [0.3, 0.4) is 0 Å². The summed E-state index contributed by atoms with van der Waals surface area (Å²) in [6.45, 7) is 0. The summed E-state index contributed by atoms with van der Waals surface area (Å²) in [5, 5.41) is 3.90. The van der Waals surface area contributed by atoms with Gasteiger partial charge in [0.2, 0.25) is 5.28 Å². The molecule has 3 rings (SSSR count). The highest BCUT2D eigenvalue weighted by atomic mass is 35.5. The Morgan fingerprint density at radius 1 is 1.14 bits per heavy atom. The Hall–Kier alpha value is -1.47. The van der Waals surface area contributed by atoms with Crippen LogP contribution in [0.2, 0.25) is 15.3 Å². The van der Waals surface area contributed by atoms with Gasteiger partial charge in [-0.2, -0.15) is 0 Å². The Morgan fingerprint density at radius 2 is 1.95 bits per heavy atom. The topological polar surface area (TPSA) is 67.8 Å². The zero-order chi connectivity index (χ0) is 15.0. The normalized spacial score (nSPS) is 10.8. The highest BCUT2D eigenvalue weighted by molar-refractivity contribution is 7.22. The molecular formula is C12H5Cl3N4OS. The second kappa shape index (κ2) is 5.73. The SMILES string of the molecule is O=C(Nc1nc2cnc(Cl)nc2s1)c1ccc(Cl)c(Cl)c1. The maximum absolute atomic E-state index is 12.1. The maximum Gasteiger partial charge on any atom is 0.257 e. The fraction of sp³-hybridized carbons (Fsp3) is 0. The van der Waals surface area contributed by atoms with Crippen molar-refractivity contribution in [2.75, 3.05) is 5.32 Å². The van der Waals surface area contributed by atoms with Gasteiger partial charge in [-0.1, -0.05) is 34.5 Å². The number of nitrogens with zero attached hydrogens (tertiary/aromatic N) is 3. The van der Waals surface area contributed by atoms with E-state index in [2.05, 4.69) is 20.3 Å². The van der Waals surface area contributed by atoms with Crippen molar-refractivity contribution in [3.05, 3.63) is 45.3 Å². The minimum absolute atomic E-state index is 0.133. The molecule has 0 saturated carbocycles. The molecule has 2 heterocycles. The van der Waals surface area contributed by atoms with Crippen LogP contribution < -0.4 is 5.32 Å². The first kappa shape index (κ1) is 14.5. The van der Waals surface area contributed by atoms with E-state index in [-0.39, 0.29) is 11.2 Å². The van der Waals surface area contributed by atoms with Gasteiger partial charge < -0.3 is 0 Å². The average molecular weight is 360 g/mol. The van der Waals surface area contributed by atoms with Gasteiger partial charge >= 0.3 is 0 Å². The number of carbonyl (C=O) groups excluding carboxylic acids is 1. The number of anilines is 1. The summed E-state index contributed by atoms with van der Waals surface area (Å²) in [5.74, 6) is -0.341. The number of halogens is 3. The molecule has 1 N–H and O–H groups in total. The van der Waals surface area contributed by atoms with E-state index < -0.39 is 0 Å². The van der Waals surface area contributed by atoms with E-state index in [1.165, 1.54) is 23.6 Å². The Bertz CT molecular complexity index is 852. The van der Waals surface area contributed by atoms with Gasteiger partial charge in [0.1, 0.15) is 10.3 Å². The van der Waals surface area contributed by atoms with Crippen LogP contribution in [0.25, 0.3) is 10.3 Å². The third-order valence-electron chi connectivity index (χ3n) is 2.52. The third-order valence-corrected chi connectivity index (χ3v) is 4.33. The lowest BCUT2D eigenvalue weighted by atomic mass is 10.2. The van der Waals surface area contributed by atoms with Crippen LogP contribution in [0.1, 0.15) is 10.4 Å². The number of aromatic nitrogens is 3. The molecule has 5 nitrogen and oxygen atoms in total. The first-order chi connectivity index (χ1) is 10.0. The predicted molar refractivity (Wildman–Crippen MR) is 84.6 cm³/mol. The summed E-state index contributed by atoms with van der Waals surface area (Å²) >= 11 is 18.6. The molecule has 0 aliphatic carbocycles. The number of amides is 1. The molecule has 2 aromatic heterocycles. The van der Waals surface area contributed by atoms with Crippen LogP contribution >= 0.6 is 46.1 Å². The Morgan fingerprint density at radius 3 is 2.71 bits per heavy atom. The van der Waals surface area contributed by atoms with Crippen LogP contribution in [0.4, 0.5) is 5.13 Å². The largest absolute Gasteiger partial charge is 0.298 e. The summed E-state index contributed by atoms with van der Waals surface area (Å²) in [7, 11) is 0. The summed E-state index contributed by atoms with van der Waals surface area (Å²) in [4.78, 5) is 24.8. The number of fused-ring (bicyclic) bond motifs is 1. The number of benzene rings is 1. The van der Waals surface area contributed by atoms with Crippen molar-refractivity contribution in [3.63, 3.8) is 0 Å². The highest BCUT2D eigenvalue weighted by Crippen LogP contribution is 2.26. The minimum Gasteiger partial charge on any atom is -0.298 e. The highest BCUT2D eigenvalue weighted by Gasteiger charge is 2.12. The molecule has 0 unspecified atom stereocenters. The van der Waals surface area contributed by atoms with Gasteiger partial charge in [-0.25, -0.2) is 15.0 Å². The lowest BCUT2D eigenvalue weighted by Crippen LogP contribution is -2.11. The van der Waals surface area contributed by atoms with Gasteiger partial charge in [-0.3, -0.25) is 10.1 Å². The van der Waals surface area contributed by atoms with Crippen molar-refractivity contribution in [1.82, 2.24) is 15.0 Å². The van der Waals surface area contributed by atoms with Crippen molar-refractivity contribution in [2.45, 2.75) is 0 Å². The lowest BCUT2D eigenvalue weighted by Gasteiger charge is -2.02. The predicted octanol–water partition coefficient (Wildman–Crippen LogP) is 4.30. The molecule has 0 spiro atoms. The zero-order valence-electron chi connectivity index (χ0n) is 10.1. The molecule has 106 valence electrons. The van der Waals surface area contributed by atoms with Gasteiger partial charge in [-0.05, 0) is 29.8 Å². The number of thiazole rings is 1. The lowest BCUT2D eigenvalue weighted by molar-refractivity contribution is 0.102. The van der Waals surface area contributed by atoms with Crippen LogP contribution in [0.15, 0.2) is 24.4 Å². The Labute approximate surface area is 137 Å². The first-order valence-electron chi connectivity index (χ1n) is 5.58. The van der Waals surface area contributed by atoms with Crippen LogP contribution in [0.5, 0.6) is 0 Å². The van der Waals surface area contributed by atoms with Crippen LogP contribution in [-0.2, 0) is 0 Å². The van der Waals surface area contributed by atoms with E-state index in [0.717, 1.165) is 0 Å². The number of carbonyl (C=O) groups is 1. The summed E-state index contributed by atoms with van der Waals surface area (Å²) in [5.41, 5.74) is 0.946. The molecule has 0 bridgehead atoms. The molecule has 0 aliphatic heterocycles. The molecule has 21 heavy (non-hydrogen) atoms. The van der Waals surface area contributed by atoms with E-state index in [1.807, 2.05) is 0 Å². The minimum atomic E-state index is -0.341. The van der Waals surface area contributed by atoms with Crippen molar-refractivity contribution in [1.29, 1.82) is 0 Å². The average Bonchev–Trinajstić information content (AvgIpc) is 2.83. The number of hydrogen-bond donors (Lipinski definition) is 1. The second-order valence-electron chi connectivity index (χ2n) is 3.93.